The Labute approximate surface area is 167 Å². The van der Waals surface area contributed by atoms with Crippen LogP contribution in [0.25, 0.3) is 0 Å². The van der Waals surface area contributed by atoms with E-state index in [1.54, 1.807) is 48.5 Å². The Bertz CT molecular complexity index is 853. The molecule has 2 aromatic carbocycles. The number of hydrogen-bond acceptors (Lipinski definition) is 4. The van der Waals surface area contributed by atoms with Gasteiger partial charge in [0, 0.05) is 42.2 Å². The Morgan fingerprint density at radius 3 is 2.35 bits per heavy atom. The fraction of sp³-hybridized carbons (Fsp3) is 0.333. The molecule has 3 rings (SSSR count). The minimum atomic E-state index is -3.49. The summed E-state index contributed by atoms with van der Waals surface area (Å²) in [5, 5.41) is 11.0. The molecule has 5 nitrogen and oxygen atoms in total. The first-order chi connectivity index (χ1) is 12.4. The summed E-state index contributed by atoms with van der Waals surface area (Å²) in [7, 11) is -3.49. The number of benzene rings is 2. The van der Waals surface area contributed by atoms with Crippen molar-refractivity contribution < 1.29 is 13.5 Å². The largest absolute Gasteiger partial charge is 0.387 e. The van der Waals surface area contributed by atoms with E-state index in [0.29, 0.717) is 42.6 Å². The zero-order valence-corrected chi connectivity index (χ0v) is 17.2. The van der Waals surface area contributed by atoms with Crippen LogP contribution in [0.1, 0.15) is 11.7 Å². The van der Waals surface area contributed by atoms with Gasteiger partial charge in [-0.1, -0.05) is 45.7 Å². The van der Waals surface area contributed by atoms with E-state index in [4.69, 9.17) is 11.6 Å². The molecule has 0 aliphatic carbocycles. The number of piperazine rings is 1. The predicted molar refractivity (Wildman–Crippen MR) is 106 cm³/mol. The van der Waals surface area contributed by atoms with Gasteiger partial charge < -0.3 is 5.11 Å². The zero-order chi connectivity index (χ0) is 18.7. The first-order valence-electron chi connectivity index (χ1n) is 8.28. The molecule has 1 atom stereocenters. The maximum absolute atomic E-state index is 12.7. The highest BCUT2D eigenvalue weighted by Gasteiger charge is 2.29. The van der Waals surface area contributed by atoms with Crippen LogP contribution < -0.4 is 0 Å². The lowest BCUT2D eigenvalue weighted by molar-refractivity contribution is 0.0921. The van der Waals surface area contributed by atoms with Gasteiger partial charge in [0.2, 0.25) is 10.0 Å². The Balaban J connectivity index is 1.59. The summed E-state index contributed by atoms with van der Waals surface area (Å²) >= 11 is 9.18. The third-order valence-corrected chi connectivity index (χ3v) is 7.09. The molecule has 0 amide bonds. The van der Waals surface area contributed by atoms with Crippen molar-refractivity contribution in [1.29, 1.82) is 0 Å². The lowest BCUT2D eigenvalue weighted by Gasteiger charge is -2.35. The number of hydrogen-bond donors (Lipinski definition) is 1. The van der Waals surface area contributed by atoms with E-state index in [-0.39, 0.29) is 0 Å². The molecule has 2 aromatic rings. The smallest absolute Gasteiger partial charge is 0.243 e. The van der Waals surface area contributed by atoms with Crippen LogP contribution in [0.4, 0.5) is 0 Å². The first-order valence-corrected chi connectivity index (χ1v) is 10.9. The topological polar surface area (TPSA) is 60.9 Å². The molecule has 0 spiro atoms. The van der Waals surface area contributed by atoms with Gasteiger partial charge in [-0.05, 0) is 35.9 Å². The van der Waals surface area contributed by atoms with Crippen LogP contribution >= 0.6 is 27.5 Å². The molecule has 0 bridgehead atoms. The summed E-state index contributed by atoms with van der Waals surface area (Å²) in [5.74, 6) is 0. The highest BCUT2D eigenvalue weighted by molar-refractivity contribution is 9.10. The van der Waals surface area contributed by atoms with Crippen LogP contribution in [0.15, 0.2) is 57.9 Å². The molecular weight excluding hydrogens is 440 g/mol. The van der Waals surface area contributed by atoms with E-state index in [1.165, 1.54) is 4.31 Å². The SMILES string of the molecule is O=S(=O)(c1cccc(Br)c1)N1CCN(CC(O)c2ccc(Cl)cc2)CC1. The van der Waals surface area contributed by atoms with Gasteiger partial charge in [0.15, 0.2) is 0 Å². The molecule has 140 valence electrons. The average Bonchev–Trinajstić information content (AvgIpc) is 2.62. The highest BCUT2D eigenvalue weighted by atomic mass is 79.9. The summed E-state index contributed by atoms with van der Waals surface area (Å²) in [6.45, 7) is 2.44. The third-order valence-electron chi connectivity index (χ3n) is 4.45. The van der Waals surface area contributed by atoms with E-state index in [1.807, 2.05) is 0 Å². The summed E-state index contributed by atoms with van der Waals surface area (Å²) in [4.78, 5) is 2.37. The lowest BCUT2D eigenvalue weighted by Crippen LogP contribution is -2.49. The van der Waals surface area contributed by atoms with Gasteiger partial charge in [0.05, 0.1) is 11.0 Å². The molecule has 8 heteroatoms. The molecule has 1 heterocycles. The average molecular weight is 460 g/mol. The van der Waals surface area contributed by atoms with Gasteiger partial charge in [-0.2, -0.15) is 4.31 Å². The van der Waals surface area contributed by atoms with Gasteiger partial charge >= 0.3 is 0 Å². The molecule has 1 fully saturated rings. The van der Waals surface area contributed by atoms with Crippen molar-refractivity contribution in [1.82, 2.24) is 9.21 Å². The predicted octanol–water partition coefficient (Wildman–Crippen LogP) is 3.14. The van der Waals surface area contributed by atoms with Crippen LogP contribution in [0.2, 0.25) is 5.02 Å². The lowest BCUT2D eigenvalue weighted by atomic mass is 10.1. The van der Waals surface area contributed by atoms with Crippen molar-refractivity contribution in [2.75, 3.05) is 32.7 Å². The number of aliphatic hydroxyl groups excluding tert-OH is 1. The van der Waals surface area contributed by atoms with Crippen LogP contribution in [0, 0.1) is 0 Å². The number of halogens is 2. The first kappa shape index (κ1) is 19.8. The second-order valence-corrected chi connectivity index (χ2v) is 9.52. The van der Waals surface area contributed by atoms with Crippen LogP contribution in [0.3, 0.4) is 0 Å². The number of rotatable bonds is 5. The standard InChI is InChI=1S/C18H20BrClN2O3S/c19-15-2-1-3-17(12-15)26(24,25)22-10-8-21(9-11-22)13-18(23)14-4-6-16(20)7-5-14/h1-7,12,18,23H,8-11,13H2. The van der Waals surface area contributed by atoms with Crippen molar-refractivity contribution in [3.8, 4) is 0 Å². The van der Waals surface area contributed by atoms with E-state index in [9.17, 15) is 13.5 Å². The minimum absolute atomic E-state index is 0.293. The van der Waals surface area contributed by atoms with Crippen molar-refractivity contribution in [3.05, 3.63) is 63.6 Å². The Morgan fingerprint density at radius 1 is 1.08 bits per heavy atom. The summed E-state index contributed by atoms with van der Waals surface area (Å²) in [5.41, 5.74) is 0.804. The number of β-amino-alcohol motifs (C(OH)–C–C–N with tert-alkyl or cyclic N) is 1. The number of aliphatic hydroxyl groups is 1. The summed E-state index contributed by atoms with van der Waals surface area (Å²) in [6, 6.07) is 13.9. The molecular formula is C18H20BrClN2O3S. The second kappa shape index (κ2) is 8.37. The maximum Gasteiger partial charge on any atom is 0.243 e. The van der Waals surface area contributed by atoms with Gasteiger partial charge in [-0.25, -0.2) is 8.42 Å². The van der Waals surface area contributed by atoms with Crippen molar-refractivity contribution in [2.45, 2.75) is 11.0 Å². The van der Waals surface area contributed by atoms with E-state index in [0.717, 1.165) is 10.0 Å². The normalized spacial score (nSPS) is 18.0. The van der Waals surface area contributed by atoms with Gasteiger partial charge in [0.1, 0.15) is 0 Å². The maximum atomic E-state index is 12.7. The van der Waals surface area contributed by atoms with Crippen molar-refractivity contribution in [3.63, 3.8) is 0 Å². The van der Waals surface area contributed by atoms with Crippen molar-refractivity contribution in [2.24, 2.45) is 0 Å². The number of sulfonamides is 1. The molecule has 1 aliphatic rings. The highest BCUT2D eigenvalue weighted by Crippen LogP contribution is 2.22. The fourth-order valence-corrected chi connectivity index (χ4v) is 5.11. The summed E-state index contributed by atoms with van der Waals surface area (Å²) < 4.78 is 27.7. The van der Waals surface area contributed by atoms with Gasteiger partial charge in [-0.15, -0.1) is 0 Å². The van der Waals surface area contributed by atoms with Crippen LogP contribution in [0.5, 0.6) is 0 Å². The molecule has 1 unspecified atom stereocenters. The molecule has 1 aliphatic heterocycles. The Hall–Kier alpha value is -0.960. The molecule has 1 saturated heterocycles. The monoisotopic (exact) mass is 458 g/mol. The van der Waals surface area contributed by atoms with Crippen molar-refractivity contribution >= 4 is 37.6 Å². The zero-order valence-electron chi connectivity index (χ0n) is 14.1. The third kappa shape index (κ3) is 4.65. The molecule has 0 aromatic heterocycles. The van der Waals surface area contributed by atoms with Gasteiger partial charge in [-0.3, -0.25) is 4.90 Å². The second-order valence-electron chi connectivity index (χ2n) is 6.23. The number of nitrogens with zero attached hydrogens (tertiary/aromatic N) is 2. The Kier molecular flexibility index (Phi) is 6.37. The van der Waals surface area contributed by atoms with E-state index in [2.05, 4.69) is 20.8 Å². The minimum Gasteiger partial charge on any atom is -0.387 e. The summed E-state index contributed by atoms with van der Waals surface area (Å²) in [6.07, 6.45) is -0.625. The molecule has 1 N–H and O–H groups in total. The molecule has 26 heavy (non-hydrogen) atoms. The van der Waals surface area contributed by atoms with Crippen LogP contribution in [-0.2, 0) is 10.0 Å². The fourth-order valence-electron chi connectivity index (χ4n) is 2.96. The quantitative estimate of drug-likeness (QED) is 0.746. The van der Waals surface area contributed by atoms with E-state index >= 15 is 0 Å². The van der Waals surface area contributed by atoms with Gasteiger partial charge in [0.25, 0.3) is 0 Å². The van der Waals surface area contributed by atoms with E-state index < -0.39 is 16.1 Å². The Morgan fingerprint density at radius 2 is 1.73 bits per heavy atom. The molecule has 0 radical (unpaired) electrons. The molecule has 0 saturated carbocycles. The van der Waals surface area contributed by atoms with Crippen LogP contribution in [-0.4, -0.2) is 55.5 Å².